The first-order chi connectivity index (χ1) is 13.6. The third-order valence-corrected chi connectivity index (χ3v) is 4.23. The second-order valence-corrected chi connectivity index (χ2v) is 6.16. The first-order valence-electron chi connectivity index (χ1n) is 8.79. The number of carbonyl (C=O) groups excluding carboxylic acids is 1. The lowest BCUT2D eigenvalue weighted by atomic mass is 10.1. The number of amides is 1. The van der Waals surface area contributed by atoms with E-state index in [9.17, 15) is 4.79 Å². The molecule has 0 spiro atoms. The molecule has 144 valence electrons. The van der Waals surface area contributed by atoms with E-state index in [1.165, 1.54) is 5.56 Å². The Hall–Kier alpha value is -3.61. The van der Waals surface area contributed by atoms with Gasteiger partial charge in [-0.3, -0.25) is 4.79 Å². The second-order valence-electron chi connectivity index (χ2n) is 6.16. The highest BCUT2D eigenvalue weighted by molar-refractivity contribution is 5.91. The molecule has 0 radical (unpaired) electrons. The lowest BCUT2D eigenvalue weighted by Gasteiger charge is -2.11. The van der Waals surface area contributed by atoms with Crippen LogP contribution in [0.2, 0.25) is 0 Å². The molecule has 3 rings (SSSR count). The number of para-hydroxylation sites is 2. The monoisotopic (exact) mass is 378 g/mol. The topological polar surface area (TPSA) is 85.4 Å². The van der Waals surface area contributed by atoms with Gasteiger partial charge >= 0.3 is 0 Å². The molecular formula is C21H22N4O3. The molecule has 0 aliphatic rings. The maximum atomic E-state index is 12.1. The summed E-state index contributed by atoms with van der Waals surface area (Å²) in [5.74, 6) is 1.67. The number of carbonyl (C=O) groups is 1. The number of hydrogen-bond donors (Lipinski definition) is 2. The highest BCUT2D eigenvalue weighted by Crippen LogP contribution is 2.25. The molecule has 7 nitrogen and oxygen atoms in total. The standard InChI is InChI=1S/C21H22N4O3/c1-14-7-6-8-16(15(14)2)22-19-11-12-20(25-24-19)23-21(26)13-28-18-10-5-4-9-17(18)27-3/h4-12H,13H2,1-3H3,(H,22,24)(H,23,25,26). The van der Waals surface area contributed by atoms with E-state index in [-0.39, 0.29) is 12.5 Å². The van der Waals surface area contributed by atoms with Gasteiger partial charge in [-0.25, -0.2) is 0 Å². The van der Waals surface area contributed by atoms with E-state index in [1.54, 1.807) is 31.4 Å². The summed E-state index contributed by atoms with van der Waals surface area (Å²) in [4.78, 5) is 12.1. The number of rotatable bonds is 7. The average molecular weight is 378 g/mol. The number of anilines is 3. The normalized spacial score (nSPS) is 10.2. The van der Waals surface area contributed by atoms with Gasteiger partial charge in [0.05, 0.1) is 7.11 Å². The van der Waals surface area contributed by atoms with Crippen molar-refractivity contribution >= 4 is 23.2 Å². The van der Waals surface area contributed by atoms with Crippen LogP contribution in [-0.2, 0) is 4.79 Å². The maximum Gasteiger partial charge on any atom is 0.263 e. The van der Waals surface area contributed by atoms with Crippen molar-refractivity contribution in [1.29, 1.82) is 0 Å². The van der Waals surface area contributed by atoms with Gasteiger partial charge in [0, 0.05) is 5.69 Å². The van der Waals surface area contributed by atoms with Crippen molar-refractivity contribution in [2.24, 2.45) is 0 Å². The molecule has 2 aromatic carbocycles. The van der Waals surface area contributed by atoms with Crippen molar-refractivity contribution in [3.63, 3.8) is 0 Å². The van der Waals surface area contributed by atoms with Crippen LogP contribution < -0.4 is 20.1 Å². The van der Waals surface area contributed by atoms with Crippen LogP contribution in [0.25, 0.3) is 0 Å². The zero-order valence-electron chi connectivity index (χ0n) is 16.0. The van der Waals surface area contributed by atoms with Gasteiger partial charge in [-0.2, -0.15) is 0 Å². The van der Waals surface area contributed by atoms with Crippen LogP contribution in [-0.4, -0.2) is 29.8 Å². The van der Waals surface area contributed by atoms with Gasteiger partial charge in [0.25, 0.3) is 5.91 Å². The van der Waals surface area contributed by atoms with Crippen molar-refractivity contribution in [1.82, 2.24) is 10.2 Å². The number of aromatic nitrogens is 2. The average Bonchev–Trinajstić information content (AvgIpc) is 2.71. The van der Waals surface area contributed by atoms with Crippen molar-refractivity contribution in [3.05, 3.63) is 65.7 Å². The minimum absolute atomic E-state index is 0.162. The number of aryl methyl sites for hydroxylation is 1. The van der Waals surface area contributed by atoms with Gasteiger partial charge in [0.15, 0.2) is 29.7 Å². The van der Waals surface area contributed by atoms with Crippen LogP contribution in [0.1, 0.15) is 11.1 Å². The number of ether oxygens (including phenoxy) is 2. The van der Waals surface area contributed by atoms with E-state index >= 15 is 0 Å². The molecule has 0 unspecified atom stereocenters. The van der Waals surface area contributed by atoms with Crippen molar-refractivity contribution in [3.8, 4) is 11.5 Å². The molecule has 0 atom stereocenters. The van der Waals surface area contributed by atoms with Gasteiger partial charge in [-0.05, 0) is 55.3 Å². The third-order valence-electron chi connectivity index (χ3n) is 4.23. The third kappa shape index (κ3) is 4.76. The van der Waals surface area contributed by atoms with E-state index in [0.717, 1.165) is 11.3 Å². The number of nitrogens with one attached hydrogen (secondary N) is 2. The predicted molar refractivity (Wildman–Crippen MR) is 108 cm³/mol. The maximum absolute atomic E-state index is 12.1. The van der Waals surface area contributed by atoms with Gasteiger partial charge in [0.2, 0.25) is 0 Å². The van der Waals surface area contributed by atoms with E-state index in [0.29, 0.717) is 23.1 Å². The molecule has 0 aliphatic carbocycles. The lowest BCUT2D eigenvalue weighted by molar-refractivity contribution is -0.118. The summed E-state index contributed by atoms with van der Waals surface area (Å²) < 4.78 is 10.7. The van der Waals surface area contributed by atoms with Crippen LogP contribution >= 0.6 is 0 Å². The molecule has 1 amide bonds. The smallest absolute Gasteiger partial charge is 0.263 e. The fraction of sp³-hybridized carbons (Fsp3) is 0.190. The van der Waals surface area contributed by atoms with Crippen LogP contribution in [0.15, 0.2) is 54.6 Å². The Bertz CT molecular complexity index is 958. The molecule has 0 aliphatic heterocycles. The Kier molecular flexibility index (Phi) is 6.06. The Morgan fingerprint density at radius 1 is 0.929 bits per heavy atom. The van der Waals surface area contributed by atoms with Gasteiger partial charge in [0.1, 0.15) is 0 Å². The first-order valence-corrected chi connectivity index (χ1v) is 8.79. The molecule has 0 saturated heterocycles. The quantitative estimate of drug-likeness (QED) is 0.649. The van der Waals surface area contributed by atoms with Crippen LogP contribution in [0, 0.1) is 13.8 Å². The summed E-state index contributed by atoms with van der Waals surface area (Å²) in [5, 5.41) is 14.0. The second kappa shape index (κ2) is 8.85. The molecule has 1 aromatic heterocycles. The molecule has 0 bridgehead atoms. The molecule has 7 heteroatoms. The Labute approximate surface area is 163 Å². The zero-order chi connectivity index (χ0) is 19.9. The molecule has 0 saturated carbocycles. The fourth-order valence-corrected chi connectivity index (χ4v) is 2.55. The fourth-order valence-electron chi connectivity index (χ4n) is 2.55. The van der Waals surface area contributed by atoms with Crippen LogP contribution in [0.4, 0.5) is 17.3 Å². The Balaban J connectivity index is 1.56. The summed E-state index contributed by atoms with van der Waals surface area (Å²) in [6.45, 7) is 3.93. The number of methoxy groups -OCH3 is 1. The predicted octanol–water partition coefficient (Wildman–Crippen LogP) is 3.86. The number of benzene rings is 2. The van der Waals surface area contributed by atoms with Crippen LogP contribution in [0.5, 0.6) is 11.5 Å². The molecule has 28 heavy (non-hydrogen) atoms. The van der Waals surface area contributed by atoms with Gasteiger partial charge < -0.3 is 20.1 Å². The summed E-state index contributed by atoms with van der Waals surface area (Å²) in [6.07, 6.45) is 0. The minimum Gasteiger partial charge on any atom is -0.493 e. The summed E-state index contributed by atoms with van der Waals surface area (Å²) in [7, 11) is 1.55. The molecule has 2 N–H and O–H groups in total. The van der Waals surface area contributed by atoms with E-state index in [1.807, 2.05) is 31.2 Å². The largest absolute Gasteiger partial charge is 0.493 e. The number of hydrogen-bond acceptors (Lipinski definition) is 6. The number of nitrogens with zero attached hydrogens (tertiary/aromatic N) is 2. The summed E-state index contributed by atoms with van der Waals surface area (Å²) in [6, 6.07) is 16.6. The first kappa shape index (κ1) is 19.2. The van der Waals surface area contributed by atoms with E-state index in [2.05, 4.69) is 33.8 Å². The lowest BCUT2D eigenvalue weighted by Crippen LogP contribution is -2.21. The SMILES string of the molecule is COc1ccccc1OCC(=O)Nc1ccc(Nc2cccc(C)c2C)nn1. The Morgan fingerprint density at radius 2 is 1.64 bits per heavy atom. The minimum atomic E-state index is -0.338. The van der Waals surface area contributed by atoms with E-state index in [4.69, 9.17) is 9.47 Å². The molecule has 0 fully saturated rings. The summed E-state index contributed by atoms with van der Waals surface area (Å²) >= 11 is 0. The molecule has 3 aromatic rings. The van der Waals surface area contributed by atoms with Crippen molar-refractivity contribution < 1.29 is 14.3 Å². The highest BCUT2D eigenvalue weighted by atomic mass is 16.5. The highest BCUT2D eigenvalue weighted by Gasteiger charge is 2.09. The van der Waals surface area contributed by atoms with Crippen molar-refractivity contribution in [2.75, 3.05) is 24.4 Å². The summed E-state index contributed by atoms with van der Waals surface area (Å²) in [5.41, 5.74) is 3.31. The van der Waals surface area contributed by atoms with Crippen LogP contribution in [0.3, 0.4) is 0 Å². The molecular weight excluding hydrogens is 356 g/mol. The van der Waals surface area contributed by atoms with Gasteiger partial charge in [-0.15, -0.1) is 10.2 Å². The van der Waals surface area contributed by atoms with Gasteiger partial charge in [-0.1, -0.05) is 24.3 Å². The van der Waals surface area contributed by atoms with E-state index < -0.39 is 0 Å². The van der Waals surface area contributed by atoms with Crippen molar-refractivity contribution in [2.45, 2.75) is 13.8 Å². The Morgan fingerprint density at radius 3 is 2.36 bits per heavy atom. The zero-order valence-corrected chi connectivity index (χ0v) is 16.0. The molecule has 1 heterocycles.